The first-order valence-corrected chi connectivity index (χ1v) is 10.1. The van der Waals surface area contributed by atoms with Crippen LogP contribution in [0.3, 0.4) is 0 Å². The third kappa shape index (κ3) is 4.17. The molecule has 0 spiro atoms. The zero-order valence-corrected chi connectivity index (χ0v) is 17.0. The van der Waals surface area contributed by atoms with Crippen molar-refractivity contribution in [2.75, 3.05) is 39.8 Å². The van der Waals surface area contributed by atoms with Gasteiger partial charge in [0, 0.05) is 44.7 Å². The Morgan fingerprint density at radius 3 is 2.57 bits per heavy atom. The molecule has 0 N–H and O–H groups in total. The lowest BCUT2D eigenvalue weighted by Crippen LogP contribution is -2.52. The Morgan fingerprint density at radius 2 is 1.87 bits per heavy atom. The van der Waals surface area contributed by atoms with E-state index in [0.717, 1.165) is 0 Å². The van der Waals surface area contributed by atoms with Gasteiger partial charge in [0.1, 0.15) is 11.5 Å². The van der Waals surface area contributed by atoms with Crippen LogP contribution in [0.2, 0.25) is 0 Å². The van der Waals surface area contributed by atoms with Gasteiger partial charge in [0.15, 0.2) is 0 Å². The smallest absolute Gasteiger partial charge is 0.254 e. The quantitative estimate of drug-likeness (QED) is 0.747. The standard InChI is InChI=1S/C22H25N3O5/c1-29-18-5-2-4-16(12-18)21(27)23-7-9-24(10-8-23)22(28)17-13-20(26)25(14-17)15-19-6-3-11-30-19/h2-6,11-12,17H,7-10,13-15H2,1H3/t17-/m1/s1. The third-order valence-corrected chi connectivity index (χ3v) is 5.69. The molecule has 2 aliphatic rings. The summed E-state index contributed by atoms with van der Waals surface area (Å²) < 4.78 is 10.5. The Hall–Kier alpha value is -3.29. The van der Waals surface area contributed by atoms with Crippen LogP contribution in [0.4, 0.5) is 0 Å². The van der Waals surface area contributed by atoms with E-state index in [4.69, 9.17) is 9.15 Å². The summed E-state index contributed by atoms with van der Waals surface area (Å²) in [6.45, 7) is 2.67. The van der Waals surface area contributed by atoms with Crippen LogP contribution in [-0.4, -0.2) is 72.3 Å². The average molecular weight is 411 g/mol. The number of hydrogen-bond acceptors (Lipinski definition) is 5. The monoisotopic (exact) mass is 411 g/mol. The summed E-state index contributed by atoms with van der Waals surface area (Å²) in [6, 6.07) is 10.7. The zero-order valence-electron chi connectivity index (χ0n) is 17.0. The van der Waals surface area contributed by atoms with Crippen molar-refractivity contribution in [1.82, 2.24) is 14.7 Å². The van der Waals surface area contributed by atoms with E-state index < -0.39 is 0 Å². The molecule has 0 bridgehead atoms. The molecule has 0 saturated carbocycles. The summed E-state index contributed by atoms with van der Waals surface area (Å²) in [6.07, 6.45) is 1.80. The molecule has 0 aliphatic carbocycles. The van der Waals surface area contributed by atoms with E-state index in [1.54, 1.807) is 58.4 Å². The van der Waals surface area contributed by atoms with Crippen LogP contribution in [0.1, 0.15) is 22.5 Å². The molecule has 30 heavy (non-hydrogen) atoms. The first kappa shape index (κ1) is 20.0. The lowest BCUT2D eigenvalue weighted by atomic mass is 10.1. The first-order valence-electron chi connectivity index (χ1n) is 10.1. The number of piperazine rings is 1. The van der Waals surface area contributed by atoms with Crippen LogP contribution in [0.25, 0.3) is 0 Å². The number of ether oxygens (including phenoxy) is 1. The minimum atomic E-state index is -0.340. The van der Waals surface area contributed by atoms with E-state index in [1.165, 1.54) is 0 Å². The first-order chi connectivity index (χ1) is 14.5. The summed E-state index contributed by atoms with van der Waals surface area (Å²) in [5.74, 6) is 0.894. The predicted molar refractivity (Wildman–Crippen MR) is 108 cm³/mol. The largest absolute Gasteiger partial charge is 0.497 e. The molecule has 3 amide bonds. The van der Waals surface area contributed by atoms with Crippen LogP contribution in [-0.2, 0) is 16.1 Å². The van der Waals surface area contributed by atoms with Crippen molar-refractivity contribution in [3.05, 3.63) is 54.0 Å². The lowest BCUT2D eigenvalue weighted by Gasteiger charge is -2.36. The van der Waals surface area contributed by atoms with Crippen molar-refractivity contribution in [2.24, 2.45) is 5.92 Å². The fraction of sp³-hybridized carbons (Fsp3) is 0.409. The minimum absolute atomic E-state index is 0.0150. The highest BCUT2D eigenvalue weighted by Gasteiger charge is 2.37. The molecule has 158 valence electrons. The normalized spacial score (nSPS) is 19.3. The summed E-state index contributed by atoms with van der Waals surface area (Å²) in [5.41, 5.74) is 0.573. The molecule has 0 unspecified atom stereocenters. The molecular formula is C22H25N3O5. The number of amides is 3. The van der Waals surface area contributed by atoms with Crippen molar-refractivity contribution in [3.63, 3.8) is 0 Å². The Bertz CT molecular complexity index is 919. The fourth-order valence-corrected chi connectivity index (χ4v) is 4.01. The van der Waals surface area contributed by atoms with Gasteiger partial charge in [-0.1, -0.05) is 6.07 Å². The van der Waals surface area contributed by atoms with Gasteiger partial charge < -0.3 is 23.9 Å². The highest BCUT2D eigenvalue weighted by molar-refractivity contribution is 5.95. The van der Waals surface area contributed by atoms with Crippen molar-refractivity contribution < 1.29 is 23.5 Å². The van der Waals surface area contributed by atoms with Crippen molar-refractivity contribution in [1.29, 1.82) is 0 Å². The summed E-state index contributed by atoms with van der Waals surface area (Å²) in [5, 5.41) is 0. The van der Waals surface area contributed by atoms with Gasteiger partial charge in [-0.3, -0.25) is 14.4 Å². The third-order valence-electron chi connectivity index (χ3n) is 5.69. The number of methoxy groups -OCH3 is 1. The van der Waals surface area contributed by atoms with Gasteiger partial charge in [0.05, 0.1) is 25.8 Å². The molecule has 2 aliphatic heterocycles. The van der Waals surface area contributed by atoms with E-state index in [0.29, 0.717) is 56.3 Å². The van der Waals surface area contributed by atoms with Crippen LogP contribution in [0, 0.1) is 5.92 Å². The van der Waals surface area contributed by atoms with Gasteiger partial charge >= 0.3 is 0 Å². The second-order valence-electron chi connectivity index (χ2n) is 7.60. The Kier molecular flexibility index (Phi) is 5.74. The van der Waals surface area contributed by atoms with Crippen LogP contribution in [0.5, 0.6) is 5.75 Å². The molecule has 8 heteroatoms. The minimum Gasteiger partial charge on any atom is -0.497 e. The summed E-state index contributed by atoms with van der Waals surface area (Å²) in [4.78, 5) is 43.2. The number of furan rings is 1. The molecule has 2 saturated heterocycles. The Labute approximate surface area is 175 Å². The number of carbonyl (C=O) groups excluding carboxylic acids is 3. The molecule has 2 fully saturated rings. The number of likely N-dealkylation sites (tertiary alicyclic amines) is 1. The van der Waals surface area contributed by atoms with E-state index >= 15 is 0 Å². The van der Waals surface area contributed by atoms with Gasteiger partial charge in [-0.2, -0.15) is 0 Å². The molecule has 1 aromatic heterocycles. The van der Waals surface area contributed by atoms with Crippen molar-refractivity contribution in [2.45, 2.75) is 13.0 Å². The molecule has 1 atom stereocenters. The van der Waals surface area contributed by atoms with Crippen LogP contribution in [0.15, 0.2) is 47.1 Å². The molecule has 1 aromatic carbocycles. The molecule has 0 radical (unpaired) electrons. The van der Waals surface area contributed by atoms with Crippen LogP contribution < -0.4 is 4.74 Å². The van der Waals surface area contributed by atoms with Gasteiger partial charge in [0.2, 0.25) is 11.8 Å². The van der Waals surface area contributed by atoms with Gasteiger partial charge in [-0.25, -0.2) is 0 Å². The van der Waals surface area contributed by atoms with E-state index in [9.17, 15) is 14.4 Å². The highest BCUT2D eigenvalue weighted by atomic mass is 16.5. The number of hydrogen-bond donors (Lipinski definition) is 0. The molecule has 8 nitrogen and oxygen atoms in total. The van der Waals surface area contributed by atoms with Crippen molar-refractivity contribution >= 4 is 17.7 Å². The fourth-order valence-electron chi connectivity index (χ4n) is 4.01. The predicted octanol–water partition coefficient (Wildman–Crippen LogP) is 1.62. The second kappa shape index (κ2) is 8.61. The van der Waals surface area contributed by atoms with E-state index in [2.05, 4.69) is 0 Å². The summed E-state index contributed by atoms with van der Waals surface area (Å²) in [7, 11) is 1.57. The second-order valence-corrected chi connectivity index (χ2v) is 7.60. The molecule has 2 aromatic rings. The number of carbonyl (C=O) groups is 3. The van der Waals surface area contributed by atoms with Gasteiger partial charge in [-0.05, 0) is 30.3 Å². The maximum Gasteiger partial charge on any atom is 0.254 e. The zero-order chi connectivity index (χ0) is 21.1. The maximum absolute atomic E-state index is 12.9. The molecule has 3 heterocycles. The molecular weight excluding hydrogens is 386 g/mol. The Morgan fingerprint density at radius 1 is 1.10 bits per heavy atom. The topological polar surface area (TPSA) is 83.3 Å². The highest BCUT2D eigenvalue weighted by Crippen LogP contribution is 2.23. The number of rotatable bonds is 5. The maximum atomic E-state index is 12.9. The van der Waals surface area contributed by atoms with Gasteiger partial charge in [0.25, 0.3) is 5.91 Å². The van der Waals surface area contributed by atoms with E-state index in [-0.39, 0.29) is 30.1 Å². The SMILES string of the molecule is COc1cccc(C(=O)N2CCN(C(=O)[C@@H]3CC(=O)N(Cc4ccco4)C3)CC2)c1. The lowest BCUT2D eigenvalue weighted by molar-refractivity contribution is -0.137. The van der Waals surface area contributed by atoms with E-state index in [1.807, 2.05) is 6.07 Å². The summed E-state index contributed by atoms with van der Waals surface area (Å²) >= 11 is 0. The van der Waals surface area contributed by atoms with Crippen LogP contribution >= 0.6 is 0 Å². The Balaban J connectivity index is 1.31. The number of benzene rings is 1. The van der Waals surface area contributed by atoms with Gasteiger partial charge in [-0.15, -0.1) is 0 Å². The number of nitrogens with zero attached hydrogens (tertiary/aromatic N) is 3. The average Bonchev–Trinajstić information content (AvgIpc) is 3.43. The van der Waals surface area contributed by atoms with Crippen molar-refractivity contribution in [3.8, 4) is 5.75 Å². The molecule has 4 rings (SSSR count).